The minimum Gasteiger partial charge on any atom is -0.497 e. The standard InChI is InChI=1S/C22H21N5O3/c1-28-19-11-9-17(10-12-19)23-15-16-8-13-20(21(14-16)29-2)30-22-24-25-26-27(22)18-6-4-3-5-7-18/h3-14,23H,15H2,1-2H3. The van der Waals surface area contributed by atoms with Gasteiger partial charge in [0.2, 0.25) is 0 Å². The summed E-state index contributed by atoms with van der Waals surface area (Å²) in [7, 11) is 3.25. The van der Waals surface area contributed by atoms with Crippen LogP contribution < -0.4 is 19.5 Å². The molecule has 0 radical (unpaired) electrons. The smallest absolute Gasteiger partial charge is 0.346 e. The Balaban J connectivity index is 1.48. The third kappa shape index (κ3) is 4.33. The normalized spacial score (nSPS) is 10.5. The zero-order chi connectivity index (χ0) is 20.8. The Labute approximate surface area is 174 Å². The van der Waals surface area contributed by atoms with E-state index >= 15 is 0 Å². The van der Waals surface area contributed by atoms with Gasteiger partial charge in [0.25, 0.3) is 0 Å². The van der Waals surface area contributed by atoms with Gasteiger partial charge >= 0.3 is 6.01 Å². The van der Waals surface area contributed by atoms with Crippen LogP contribution in [0.25, 0.3) is 5.69 Å². The van der Waals surface area contributed by atoms with Crippen molar-refractivity contribution in [2.24, 2.45) is 0 Å². The van der Waals surface area contributed by atoms with Gasteiger partial charge in [-0.05, 0) is 64.5 Å². The molecule has 1 N–H and O–H groups in total. The lowest BCUT2D eigenvalue weighted by Crippen LogP contribution is -2.02. The van der Waals surface area contributed by atoms with Gasteiger partial charge in [-0.1, -0.05) is 29.4 Å². The highest BCUT2D eigenvalue weighted by Crippen LogP contribution is 2.32. The average Bonchev–Trinajstić information content (AvgIpc) is 3.27. The molecule has 0 amide bonds. The molecule has 0 saturated carbocycles. The van der Waals surface area contributed by atoms with E-state index in [0.29, 0.717) is 18.0 Å². The van der Waals surface area contributed by atoms with Gasteiger partial charge < -0.3 is 19.5 Å². The number of aromatic nitrogens is 4. The van der Waals surface area contributed by atoms with Gasteiger partial charge in [-0.25, -0.2) is 0 Å². The zero-order valence-electron chi connectivity index (χ0n) is 16.6. The van der Waals surface area contributed by atoms with Gasteiger partial charge in [0.1, 0.15) is 5.75 Å². The fourth-order valence-electron chi connectivity index (χ4n) is 2.89. The number of para-hydroxylation sites is 1. The molecule has 30 heavy (non-hydrogen) atoms. The highest BCUT2D eigenvalue weighted by atomic mass is 16.5. The number of ether oxygens (including phenoxy) is 3. The molecule has 0 fully saturated rings. The molecule has 152 valence electrons. The van der Waals surface area contributed by atoms with E-state index in [1.54, 1.807) is 14.2 Å². The molecule has 1 aromatic heterocycles. The minimum atomic E-state index is 0.253. The highest BCUT2D eigenvalue weighted by molar-refractivity contribution is 5.49. The summed E-state index contributed by atoms with van der Waals surface area (Å²) in [5.74, 6) is 1.94. The van der Waals surface area contributed by atoms with E-state index in [1.807, 2.05) is 72.8 Å². The zero-order valence-corrected chi connectivity index (χ0v) is 16.6. The predicted octanol–water partition coefficient (Wildman–Crippen LogP) is 4.08. The van der Waals surface area contributed by atoms with E-state index in [9.17, 15) is 0 Å². The van der Waals surface area contributed by atoms with E-state index in [1.165, 1.54) is 4.68 Å². The Hall–Kier alpha value is -4.07. The van der Waals surface area contributed by atoms with Crippen LogP contribution in [-0.4, -0.2) is 34.4 Å². The lowest BCUT2D eigenvalue weighted by atomic mass is 10.2. The molecule has 4 aromatic rings. The van der Waals surface area contributed by atoms with Gasteiger partial charge in [-0.3, -0.25) is 0 Å². The van der Waals surface area contributed by atoms with Crippen molar-refractivity contribution in [1.29, 1.82) is 0 Å². The Kier molecular flexibility index (Phi) is 5.75. The summed E-state index contributed by atoms with van der Waals surface area (Å²) < 4.78 is 18.2. The number of nitrogens with one attached hydrogen (secondary N) is 1. The van der Waals surface area contributed by atoms with Gasteiger partial charge in [0.05, 0.1) is 19.9 Å². The quantitative estimate of drug-likeness (QED) is 0.474. The predicted molar refractivity (Wildman–Crippen MR) is 113 cm³/mol. The minimum absolute atomic E-state index is 0.253. The second kappa shape index (κ2) is 8.95. The lowest BCUT2D eigenvalue weighted by Gasteiger charge is -2.12. The van der Waals surface area contributed by atoms with Crippen molar-refractivity contribution in [2.45, 2.75) is 6.54 Å². The van der Waals surface area contributed by atoms with Crippen LogP contribution in [0.4, 0.5) is 5.69 Å². The molecule has 8 nitrogen and oxygen atoms in total. The van der Waals surface area contributed by atoms with Crippen molar-refractivity contribution < 1.29 is 14.2 Å². The van der Waals surface area contributed by atoms with Gasteiger partial charge in [-0.2, -0.15) is 4.68 Å². The second-order valence-electron chi connectivity index (χ2n) is 6.38. The Morgan fingerprint density at radius 2 is 1.67 bits per heavy atom. The molecule has 8 heteroatoms. The number of hydrogen-bond donors (Lipinski definition) is 1. The number of tetrazole rings is 1. The van der Waals surface area contributed by atoms with Crippen LogP contribution in [0, 0.1) is 0 Å². The van der Waals surface area contributed by atoms with Gasteiger partial charge in [0, 0.05) is 12.2 Å². The Bertz CT molecular complexity index is 1100. The topological polar surface area (TPSA) is 83.3 Å². The largest absolute Gasteiger partial charge is 0.497 e. The van der Waals surface area contributed by atoms with E-state index in [0.717, 1.165) is 22.7 Å². The average molecular weight is 403 g/mol. The van der Waals surface area contributed by atoms with Crippen LogP contribution in [0.2, 0.25) is 0 Å². The highest BCUT2D eigenvalue weighted by Gasteiger charge is 2.14. The van der Waals surface area contributed by atoms with Crippen molar-refractivity contribution in [3.63, 3.8) is 0 Å². The van der Waals surface area contributed by atoms with Crippen LogP contribution in [0.1, 0.15) is 5.56 Å². The van der Waals surface area contributed by atoms with Crippen molar-refractivity contribution in [1.82, 2.24) is 20.2 Å². The summed E-state index contributed by atoms with van der Waals surface area (Å²) in [5, 5.41) is 15.1. The summed E-state index contributed by atoms with van der Waals surface area (Å²) in [5.41, 5.74) is 2.84. The molecule has 0 aliphatic heterocycles. The molecule has 4 rings (SSSR count). The Morgan fingerprint density at radius 3 is 2.40 bits per heavy atom. The summed E-state index contributed by atoms with van der Waals surface area (Å²) in [6.07, 6.45) is 0. The molecule has 0 unspecified atom stereocenters. The maximum atomic E-state index is 5.94. The summed E-state index contributed by atoms with van der Waals surface area (Å²) in [6, 6.07) is 23.3. The van der Waals surface area contributed by atoms with E-state index in [2.05, 4.69) is 20.8 Å². The maximum Gasteiger partial charge on any atom is 0.346 e. The molecule has 0 spiro atoms. The number of hydrogen-bond acceptors (Lipinski definition) is 7. The van der Waals surface area contributed by atoms with Crippen molar-refractivity contribution in [3.05, 3.63) is 78.4 Å². The van der Waals surface area contributed by atoms with E-state index in [4.69, 9.17) is 14.2 Å². The third-order valence-electron chi connectivity index (χ3n) is 4.46. The molecule has 0 saturated heterocycles. The van der Waals surface area contributed by atoms with Crippen LogP contribution in [0.3, 0.4) is 0 Å². The number of methoxy groups -OCH3 is 2. The van der Waals surface area contributed by atoms with Gasteiger partial charge in [-0.15, -0.1) is 0 Å². The summed E-state index contributed by atoms with van der Waals surface area (Å²) in [6.45, 7) is 0.630. The molecule has 0 aliphatic rings. The van der Waals surface area contributed by atoms with Crippen LogP contribution in [0.15, 0.2) is 72.8 Å². The first kappa shape index (κ1) is 19.3. The number of anilines is 1. The first-order chi connectivity index (χ1) is 14.8. The van der Waals surface area contributed by atoms with E-state index < -0.39 is 0 Å². The molecule has 0 aliphatic carbocycles. The maximum absolute atomic E-state index is 5.94. The Morgan fingerprint density at radius 1 is 0.867 bits per heavy atom. The molecule has 1 heterocycles. The first-order valence-corrected chi connectivity index (χ1v) is 9.33. The number of benzene rings is 3. The SMILES string of the molecule is COc1ccc(NCc2ccc(Oc3nnnn3-c3ccccc3)c(OC)c2)cc1. The molecule has 3 aromatic carbocycles. The van der Waals surface area contributed by atoms with Crippen LogP contribution in [0.5, 0.6) is 23.3 Å². The molecular weight excluding hydrogens is 382 g/mol. The fourth-order valence-corrected chi connectivity index (χ4v) is 2.89. The van der Waals surface area contributed by atoms with Crippen molar-refractivity contribution >= 4 is 5.69 Å². The first-order valence-electron chi connectivity index (χ1n) is 9.33. The summed E-state index contributed by atoms with van der Waals surface area (Å²) in [4.78, 5) is 0. The molecule has 0 atom stereocenters. The van der Waals surface area contributed by atoms with Crippen molar-refractivity contribution in [2.75, 3.05) is 19.5 Å². The van der Waals surface area contributed by atoms with Crippen LogP contribution >= 0.6 is 0 Å². The van der Waals surface area contributed by atoms with E-state index in [-0.39, 0.29) is 6.01 Å². The molecular formula is C22H21N5O3. The molecule has 0 bridgehead atoms. The van der Waals surface area contributed by atoms with Gasteiger partial charge in [0.15, 0.2) is 11.5 Å². The monoisotopic (exact) mass is 403 g/mol. The second-order valence-corrected chi connectivity index (χ2v) is 6.38. The lowest BCUT2D eigenvalue weighted by molar-refractivity contribution is 0.363. The number of rotatable bonds is 8. The van der Waals surface area contributed by atoms with Crippen LogP contribution in [-0.2, 0) is 6.54 Å². The fraction of sp³-hybridized carbons (Fsp3) is 0.136. The summed E-state index contributed by atoms with van der Waals surface area (Å²) >= 11 is 0. The third-order valence-corrected chi connectivity index (χ3v) is 4.46. The van der Waals surface area contributed by atoms with Crippen molar-refractivity contribution in [3.8, 4) is 28.9 Å². The number of nitrogens with zero attached hydrogens (tertiary/aromatic N) is 4.